The molecule has 132 valence electrons. The molecule has 0 bridgehead atoms. The van der Waals surface area contributed by atoms with Crippen molar-refractivity contribution in [3.8, 4) is 11.8 Å². The van der Waals surface area contributed by atoms with E-state index < -0.39 is 10.0 Å². The van der Waals surface area contributed by atoms with Gasteiger partial charge in [-0.3, -0.25) is 0 Å². The Morgan fingerprint density at radius 3 is 2.56 bits per heavy atom. The molecule has 0 spiro atoms. The molecule has 0 N–H and O–H groups in total. The number of nitrogens with zero attached hydrogens (tertiary/aromatic N) is 1. The predicted octanol–water partition coefficient (Wildman–Crippen LogP) is 3.32. The Morgan fingerprint density at radius 1 is 1.24 bits per heavy atom. The lowest BCUT2D eigenvalue weighted by Crippen LogP contribution is -2.36. The van der Waals surface area contributed by atoms with Crippen LogP contribution in [-0.2, 0) is 14.8 Å². The maximum Gasteiger partial charge on any atom is 0.243 e. The number of hydrogen-bond acceptors (Lipinski definition) is 4. The molecule has 0 amide bonds. The number of sulfonamides is 1. The predicted molar refractivity (Wildman–Crippen MR) is 101 cm³/mol. The molecule has 0 aliphatic heterocycles. The van der Waals surface area contributed by atoms with Gasteiger partial charge in [0, 0.05) is 25.4 Å². The van der Waals surface area contributed by atoms with Gasteiger partial charge in [-0.25, -0.2) is 8.42 Å². The van der Waals surface area contributed by atoms with Crippen molar-refractivity contribution in [2.75, 3.05) is 13.1 Å². The van der Waals surface area contributed by atoms with Crippen LogP contribution in [0.3, 0.4) is 0 Å². The van der Waals surface area contributed by atoms with Crippen LogP contribution < -0.4 is 0 Å². The Bertz CT molecular complexity index is 844. The fourth-order valence-electron chi connectivity index (χ4n) is 2.21. The van der Waals surface area contributed by atoms with Gasteiger partial charge < -0.3 is 4.79 Å². The van der Waals surface area contributed by atoms with Crippen LogP contribution >= 0.6 is 11.3 Å². The van der Waals surface area contributed by atoms with E-state index in [4.69, 9.17) is 0 Å². The summed E-state index contributed by atoms with van der Waals surface area (Å²) in [6.07, 6.45) is 1.18. The van der Waals surface area contributed by atoms with E-state index in [9.17, 15) is 13.2 Å². The second kappa shape index (κ2) is 8.95. The van der Waals surface area contributed by atoms with Gasteiger partial charge in [0.2, 0.25) is 10.0 Å². The minimum absolute atomic E-state index is 0.153. The minimum Gasteiger partial charge on any atom is -0.303 e. The fraction of sp³-hybridized carbons (Fsp3) is 0.316. The first-order valence-electron chi connectivity index (χ1n) is 7.98. The van der Waals surface area contributed by atoms with Crippen LogP contribution in [0.15, 0.2) is 46.7 Å². The first-order valence-corrected chi connectivity index (χ1v) is 10.3. The highest BCUT2D eigenvalue weighted by molar-refractivity contribution is 7.89. The summed E-state index contributed by atoms with van der Waals surface area (Å²) in [6.45, 7) is 4.03. The number of thiophene rings is 1. The number of benzene rings is 1. The van der Waals surface area contributed by atoms with Crippen LogP contribution in [0.5, 0.6) is 0 Å². The number of carbonyl (C=O) groups is 1. The normalized spacial score (nSPS) is 12.4. The molecule has 2 aromatic rings. The standard InChI is InChI=1S/C19H21NO3S2/c1-16-8-10-19(11-9-16)25(22,23)20(14-17(2)15-21)12-4-3-6-18-7-5-13-24-18/h5,7-11,13,15,17H,4,12,14H2,1-2H3. The quantitative estimate of drug-likeness (QED) is 0.551. The van der Waals surface area contributed by atoms with Crippen LogP contribution in [0.1, 0.15) is 23.8 Å². The molecule has 0 fully saturated rings. The lowest BCUT2D eigenvalue weighted by atomic mass is 10.2. The molecule has 2 rings (SSSR count). The third-order valence-corrected chi connectivity index (χ3v) is 6.27. The fourth-order valence-corrected chi connectivity index (χ4v) is 4.35. The average Bonchev–Trinajstić information content (AvgIpc) is 3.11. The summed E-state index contributed by atoms with van der Waals surface area (Å²) in [5, 5.41) is 1.95. The Kier molecular flexibility index (Phi) is 6.94. The number of hydrogen-bond donors (Lipinski definition) is 0. The molecule has 1 heterocycles. The zero-order chi connectivity index (χ0) is 18.3. The highest BCUT2D eigenvalue weighted by atomic mass is 32.2. The second-order valence-corrected chi connectivity index (χ2v) is 8.70. The lowest BCUT2D eigenvalue weighted by molar-refractivity contribution is -0.110. The first kappa shape index (κ1) is 19.4. The summed E-state index contributed by atoms with van der Waals surface area (Å²) in [4.78, 5) is 12.2. The second-order valence-electron chi connectivity index (χ2n) is 5.82. The molecular weight excluding hydrogens is 354 g/mol. The number of aryl methyl sites for hydroxylation is 1. The van der Waals surface area contributed by atoms with E-state index in [1.165, 1.54) is 4.31 Å². The molecule has 0 radical (unpaired) electrons. The van der Waals surface area contributed by atoms with E-state index >= 15 is 0 Å². The van der Waals surface area contributed by atoms with Crippen LogP contribution in [0, 0.1) is 24.7 Å². The largest absolute Gasteiger partial charge is 0.303 e. The molecule has 0 saturated heterocycles. The molecule has 1 aromatic carbocycles. The summed E-state index contributed by atoms with van der Waals surface area (Å²) in [5.41, 5.74) is 0.994. The maximum atomic E-state index is 12.9. The van der Waals surface area contributed by atoms with E-state index in [0.29, 0.717) is 6.42 Å². The average molecular weight is 376 g/mol. The van der Waals surface area contributed by atoms with Crippen molar-refractivity contribution in [2.45, 2.75) is 25.2 Å². The summed E-state index contributed by atoms with van der Waals surface area (Å²) < 4.78 is 27.1. The highest BCUT2D eigenvalue weighted by Gasteiger charge is 2.25. The van der Waals surface area contributed by atoms with Gasteiger partial charge in [0.15, 0.2) is 0 Å². The molecule has 0 aliphatic carbocycles. The molecule has 0 aliphatic rings. The van der Waals surface area contributed by atoms with Crippen molar-refractivity contribution in [1.82, 2.24) is 4.31 Å². The van der Waals surface area contributed by atoms with Crippen molar-refractivity contribution >= 4 is 27.6 Å². The zero-order valence-electron chi connectivity index (χ0n) is 14.3. The van der Waals surface area contributed by atoms with E-state index in [2.05, 4.69) is 11.8 Å². The molecule has 1 atom stereocenters. The highest BCUT2D eigenvalue weighted by Crippen LogP contribution is 2.18. The van der Waals surface area contributed by atoms with E-state index in [-0.39, 0.29) is 23.9 Å². The van der Waals surface area contributed by atoms with E-state index in [1.807, 2.05) is 24.4 Å². The molecular formula is C19H21NO3S2. The van der Waals surface area contributed by atoms with Crippen molar-refractivity contribution < 1.29 is 13.2 Å². The SMILES string of the molecule is Cc1ccc(S(=O)(=O)N(CCC#Cc2cccs2)CC(C)C=O)cc1. The van der Waals surface area contributed by atoms with Gasteiger partial charge in [-0.15, -0.1) is 11.3 Å². The molecule has 0 saturated carbocycles. The Balaban J connectivity index is 2.16. The van der Waals surface area contributed by atoms with Gasteiger partial charge in [-0.05, 0) is 30.5 Å². The molecule has 25 heavy (non-hydrogen) atoms. The van der Waals surface area contributed by atoms with Crippen LogP contribution in [0.2, 0.25) is 0 Å². The van der Waals surface area contributed by atoms with Crippen LogP contribution in [0.4, 0.5) is 0 Å². The smallest absolute Gasteiger partial charge is 0.243 e. The molecule has 6 heteroatoms. The van der Waals surface area contributed by atoms with Gasteiger partial charge in [-0.2, -0.15) is 4.31 Å². The molecule has 1 unspecified atom stereocenters. The van der Waals surface area contributed by atoms with E-state index in [1.54, 1.807) is 42.5 Å². The third kappa shape index (κ3) is 5.53. The summed E-state index contributed by atoms with van der Waals surface area (Å²) in [7, 11) is -3.65. The number of carbonyl (C=O) groups excluding carboxylic acids is 1. The summed E-state index contributed by atoms with van der Waals surface area (Å²) in [5.74, 6) is 5.66. The van der Waals surface area contributed by atoms with Crippen molar-refractivity contribution in [3.63, 3.8) is 0 Å². The minimum atomic E-state index is -3.65. The van der Waals surface area contributed by atoms with Crippen molar-refractivity contribution in [3.05, 3.63) is 52.2 Å². The van der Waals surface area contributed by atoms with Crippen molar-refractivity contribution in [1.29, 1.82) is 0 Å². The monoisotopic (exact) mass is 375 g/mol. The number of rotatable bonds is 7. The van der Waals surface area contributed by atoms with Gasteiger partial charge in [0.25, 0.3) is 0 Å². The molecule has 4 nitrogen and oxygen atoms in total. The van der Waals surface area contributed by atoms with Gasteiger partial charge in [-0.1, -0.05) is 42.5 Å². The molecule has 1 aromatic heterocycles. The third-order valence-electron chi connectivity index (χ3n) is 3.60. The Morgan fingerprint density at radius 2 is 1.96 bits per heavy atom. The van der Waals surface area contributed by atoms with E-state index in [0.717, 1.165) is 16.7 Å². The maximum absolute atomic E-state index is 12.9. The van der Waals surface area contributed by atoms with Crippen LogP contribution in [0.25, 0.3) is 0 Å². The summed E-state index contributed by atoms with van der Waals surface area (Å²) >= 11 is 1.55. The Labute approximate surface area is 153 Å². The van der Waals surface area contributed by atoms with Crippen LogP contribution in [-0.4, -0.2) is 32.1 Å². The lowest BCUT2D eigenvalue weighted by Gasteiger charge is -2.22. The first-order chi connectivity index (χ1) is 11.9. The number of aldehydes is 1. The summed E-state index contributed by atoms with van der Waals surface area (Å²) in [6, 6.07) is 10.6. The van der Waals surface area contributed by atoms with Gasteiger partial charge >= 0.3 is 0 Å². The topological polar surface area (TPSA) is 54.5 Å². The zero-order valence-corrected chi connectivity index (χ0v) is 15.9. The van der Waals surface area contributed by atoms with Crippen molar-refractivity contribution in [2.24, 2.45) is 5.92 Å². The van der Waals surface area contributed by atoms with Gasteiger partial charge in [0.05, 0.1) is 9.77 Å². The van der Waals surface area contributed by atoms with Gasteiger partial charge in [0.1, 0.15) is 6.29 Å². The Hall–Kier alpha value is -1.94.